The highest BCUT2D eigenvalue weighted by Crippen LogP contribution is 2.09. The molecule has 0 aliphatic rings. The number of furan rings is 1. The van der Waals surface area contributed by atoms with Gasteiger partial charge in [0.2, 0.25) is 0 Å². The Bertz CT molecular complexity index is 513. The normalized spacial score (nSPS) is 12.5. The van der Waals surface area contributed by atoms with Crippen LogP contribution in [0.25, 0.3) is 0 Å². The summed E-state index contributed by atoms with van der Waals surface area (Å²) in [5.41, 5.74) is 0.756. The topological polar surface area (TPSA) is 34.4 Å². The third-order valence-electron chi connectivity index (χ3n) is 3.27. The molecule has 3 nitrogen and oxygen atoms in total. The fraction of sp³-hybridized carbons (Fsp3) is 0.412. The molecule has 1 unspecified atom stereocenters. The summed E-state index contributed by atoms with van der Waals surface area (Å²) in [5, 5.41) is 3.38. The zero-order chi connectivity index (χ0) is 14.9. The van der Waals surface area contributed by atoms with Gasteiger partial charge in [0.15, 0.2) is 0 Å². The maximum atomic E-state index is 13.5. The van der Waals surface area contributed by atoms with Crippen molar-refractivity contribution in [1.29, 1.82) is 0 Å². The second kappa shape index (κ2) is 8.60. The van der Waals surface area contributed by atoms with Crippen LogP contribution in [0.3, 0.4) is 0 Å². The molecule has 2 rings (SSSR count). The van der Waals surface area contributed by atoms with E-state index in [9.17, 15) is 4.39 Å². The van der Waals surface area contributed by atoms with E-state index in [4.69, 9.17) is 9.15 Å². The van der Waals surface area contributed by atoms with E-state index in [0.717, 1.165) is 24.3 Å². The summed E-state index contributed by atoms with van der Waals surface area (Å²) >= 11 is 0. The summed E-state index contributed by atoms with van der Waals surface area (Å²) in [5.74, 6) is 0.712. The van der Waals surface area contributed by atoms with Crippen molar-refractivity contribution < 1.29 is 13.5 Å². The van der Waals surface area contributed by atoms with Crippen LogP contribution in [0, 0.1) is 5.82 Å². The molecule has 0 bridgehead atoms. The second-order valence-electron chi connectivity index (χ2n) is 5.14. The highest BCUT2D eigenvalue weighted by molar-refractivity contribution is 5.18. The summed E-state index contributed by atoms with van der Waals surface area (Å²) < 4.78 is 24.2. The molecule has 0 aliphatic heterocycles. The van der Waals surface area contributed by atoms with Crippen molar-refractivity contribution in [2.24, 2.45) is 0 Å². The Morgan fingerprint density at radius 1 is 1.24 bits per heavy atom. The van der Waals surface area contributed by atoms with Crippen molar-refractivity contribution in [2.45, 2.75) is 32.4 Å². The van der Waals surface area contributed by atoms with Crippen molar-refractivity contribution in [3.8, 4) is 0 Å². The number of ether oxygens (including phenoxy) is 1. The molecule has 21 heavy (non-hydrogen) atoms. The molecule has 1 N–H and O–H groups in total. The van der Waals surface area contributed by atoms with E-state index in [2.05, 4.69) is 12.2 Å². The van der Waals surface area contributed by atoms with Gasteiger partial charge in [-0.15, -0.1) is 0 Å². The second-order valence-corrected chi connectivity index (χ2v) is 5.14. The number of nitrogens with one attached hydrogen (secondary N) is 1. The van der Waals surface area contributed by atoms with Crippen molar-refractivity contribution in [3.05, 3.63) is 59.8 Å². The van der Waals surface area contributed by atoms with Gasteiger partial charge >= 0.3 is 0 Å². The van der Waals surface area contributed by atoms with Gasteiger partial charge in [-0.2, -0.15) is 0 Å². The van der Waals surface area contributed by atoms with Gasteiger partial charge in [0.25, 0.3) is 0 Å². The number of halogens is 1. The van der Waals surface area contributed by atoms with Gasteiger partial charge in [0.1, 0.15) is 18.2 Å². The molecule has 1 aromatic carbocycles. The number of hydrogen-bond donors (Lipinski definition) is 1. The Hall–Kier alpha value is -1.65. The lowest BCUT2D eigenvalue weighted by Gasteiger charge is -2.14. The van der Waals surface area contributed by atoms with E-state index in [0.29, 0.717) is 19.6 Å². The van der Waals surface area contributed by atoms with Crippen LogP contribution in [-0.4, -0.2) is 19.2 Å². The minimum Gasteiger partial charge on any atom is -0.467 e. The highest BCUT2D eigenvalue weighted by atomic mass is 19.1. The lowest BCUT2D eigenvalue weighted by Crippen LogP contribution is -2.29. The summed E-state index contributed by atoms with van der Waals surface area (Å²) in [6.45, 7) is 4.11. The molecule has 1 aromatic heterocycles. The Balaban J connectivity index is 1.55. The van der Waals surface area contributed by atoms with Crippen LogP contribution in [0.15, 0.2) is 47.1 Å². The molecule has 0 spiro atoms. The first-order valence-electron chi connectivity index (χ1n) is 7.32. The van der Waals surface area contributed by atoms with Gasteiger partial charge in [-0.1, -0.05) is 18.2 Å². The molecular formula is C17H22FNO2. The first kappa shape index (κ1) is 15.7. The number of rotatable bonds is 9. The molecule has 0 fully saturated rings. The molecule has 1 heterocycles. The third-order valence-corrected chi connectivity index (χ3v) is 3.27. The minimum atomic E-state index is -0.132. The Labute approximate surface area is 125 Å². The first-order valence-corrected chi connectivity index (χ1v) is 7.32. The van der Waals surface area contributed by atoms with E-state index in [1.54, 1.807) is 12.3 Å². The summed E-state index contributed by atoms with van der Waals surface area (Å²) in [6.07, 6.45) is 3.26. The van der Waals surface area contributed by atoms with Crippen LogP contribution < -0.4 is 5.32 Å². The molecule has 1 atom stereocenters. The molecule has 0 saturated heterocycles. The summed E-state index contributed by atoms with van der Waals surface area (Å²) in [6, 6.07) is 10.9. The van der Waals surface area contributed by atoms with Gasteiger partial charge < -0.3 is 14.5 Å². The van der Waals surface area contributed by atoms with Crippen LogP contribution in [0.2, 0.25) is 0 Å². The largest absolute Gasteiger partial charge is 0.467 e. The summed E-state index contributed by atoms with van der Waals surface area (Å²) in [4.78, 5) is 0. The first-order chi connectivity index (χ1) is 10.3. The third kappa shape index (κ3) is 5.69. The zero-order valence-corrected chi connectivity index (χ0v) is 12.3. The summed E-state index contributed by atoms with van der Waals surface area (Å²) in [7, 11) is 0. The van der Waals surface area contributed by atoms with Gasteiger partial charge in [-0.3, -0.25) is 0 Å². The molecule has 0 saturated carbocycles. The standard InChI is InChI=1S/C17H22FNO2/c1-14(12-15-6-2-3-8-17(15)18)19-9-5-10-20-13-16-7-4-11-21-16/h2-4,6-8,11,14,19H,5,9-10,12-13H2,1H3. The molecule has 2 aromatic rings. The minimum absolute atomic E-state index is 0.132. The predicted octanol–water partition coefficient (Wildman–Crippen LogP) is 3.55. The quantitative estimate of drug-likeness (QED) is 0.718. The van der Waals surface area contributed by atoms with Crippen molar-refractivity contribution >= 4 is 0 Å². The molecule has 114 valence electrons. The maximum absolute atomic E-state index is 13.5. The van der Waals surface area contributed by atoms with Crippen molar-refractivity contribution in [1.82, 2.24) is 5.32 Å². The van der Waals surface area contributed by atoms with E-state index in [1.165, 1.54) is 6.07 Å². The Morgan fingerprint density at radius 2 is 2.10 bits per heavy atom. The predicted molar refractivity (Wildman–Crippen MR) is 80.5 cm³/mol. The lowest BCUT2D eigenvalue weighted by atomic mass is 10.1. The van der Waals surface area contributed by atoms with Crippen LogP contribution in [0.1, 0.15) is 24.7 Å². The fourth-order valence-electron chi connectivity index (χ4n) is 2.16. The van der Waals surface area contributed by atoms with Crippen LogP contribution in [0.5, 0.6) is 0 Å². The van der Waals surface area contributed by atoms with Crippen LogP contribution in [0.4, 0.5) is 4.39 Å². The van der Waals surface area contributed by atoms with Gasteiger partial charge in [-0.05, 0) is 50.1 Å². The Kier molecular flexibility index (Phi) is 6.44. The molecular weight excluding hydrogens is 269 g/mol. The van der Waals surface area contributed by atoms with Crippen LogP contribution in [-0.2, 0) is 17.8 Å². The molecule has 0 amide bonds. The van der Waals surface area contributed by atoms with E-state index in [1.807, 2.05) is 24.3 Å². The van der Waals surface area contributed by atoms with Crippen LogP contribution >= 0.6 is 0 Å². The molecule has 4 heteroatoms. The number of benzene rings is 1. The molecule has 0 aliphatic carbocycles. The van der Waals surface area contributed by atoms with Crippen molar-refractivity contribution in [2.75, 3.05) is 13.2 Å². The zero-order valence-electron chi connectivity index (χ0n) is 12.3. The average Bonchev–Trinajstić information content (AvgIpc) is 2.98. The highest BCUT2D eigenvalue weighted by Gasteiger charge is 2.06. The Morgan fingerprint density at radius 3 is 2.86 bits per heavy atom. The average molecular weight is 291 g/mol. The van der Waals surface area contributed by atoms with E-state index < -0.39 is 0 Å². The van der Waals surface area contributed by atoms with Crippen molar-refractivity contribution in [3.63, 3.8) is 0 Å². The lowest BCUT2D eigenvalue weighted by molar-refractivity contribution is 0.103. The smallest absolute Gasteiger partial charge is 0.129 e. The number of hydrogen-bond acceptors (Lipinski definition) is 3. The van der Waals surface area contributed by atoms with Gasteiger partial charge in [-0.25, -0.2) is 4.39 Å². The van der Waals surface area contributed by atoms with Gasteiger partial charge in [0, 0.05) is 12.6 Å². The monoisotopic (exact) mass is 291 g/mol. The van der Waals surface area contributed by atoms with E-state index in [-0.39, 0.29) is 11.9 Å². The maximum Gasteiger partial charge on any atom is 0.129 e. The SMILES string of the molecule is CC(Cc1ccccc1F)NCCCOCc1ccco1. The van der Waals surface area contributed by atoms with Gasteiger partial charge in [0.05, 0.1) is 6.26 Å². The van der Waals surface area contributed by atoms with E-state index >= 15 is 0 Å². The fourth-order valence-corrected chi connectivity index (χ4v) is 2.16. The molecule has 0 radical (unpaired) electrons.